The molecule has 0 aliphatic carbocycles. The van der Waals surface area contributed by atoms with Crippen LogP contribution in [0.2, 0.25) is 0 Å². The number of benzene rings is 2. The first-order chi connectivity index (χ1) is 6.00. The van der Waals surface area contributed by atoms with Crippen LogP contribution < -0.4 is 0 Å². The molecule has 0 bridgehead atoms. The largest absolute Gasteiger partial charge is 0.0776 e. The van der Waals surface area contributed by atoms with Crippen molar-refractivity contribution in [1.29, 1.82) is 0 Å². The molecule has 2 aromatic carbocycles. The minimum Gasteiger partial charge on any atom is -0.0776 e. The molecule has 0 radical (unpaired) electrons. The Balaban J connectivity index is 0.000000206. The van der Waals surface area contributed by atoms with Gasteiger partial charge in [-0.2, -0.15) is 0 Å². The highest BCUT2D eigenvalue weighted by Crippen LogP contribution is 1.80. The molecule has 2 rings (SSSR count). The van der Waals surface area contributed by atoms with Crippen molar-refractivity contribution in [3.05, 3.63) is 72.8 Å². The lowest BCUT2D eigenvalue weighted by Crippen LogP contribution is -1.47. The van der Waals surface area contributed by atoms with E-state index in [1.54, 1.807) is 0 Å². The van der Waals surface area contributed by atoms with Crippen LogP contribution in [0.3, 0.4) is 0 Å². The van der Waals surface area contributed by atoms with Gasteiger partial charge in [0.15, 0.2) is 0 Å². The molecule has 0 fully saturated rings. The average molecular weight is 172 g/mol. The van der Waals surface area contributed by atoms with E-state index in [1.165, 1.54) is 0 Å². The van der Waals surface area contributed by atoms with Crippen molar-refractivity contribution in [1.82, 2.24) is 0 Å². The summed E-state index contributed by atoms with van der Waals surface area (Å²) in [4.78, 5) is 0. The minimum absolute atomic E-state index is 0. The van der Waals surface area contributed by atoms with Crippen molar-refractivity contribution >= 4 is 0 Å². The molecule has 0 saturated heterocycles. The molecule has 2 aromatic rings. The predicted octanol–water partition coefficient (Wildman–Crippen LogP) is 4.01. The van der Waals surface area contributed by atoms with Gasteiger partial charge in [-0.15, -0.1) is 0 Å². The third-order valence-corrected chi connectivity index (χ3v) is 1.33. The Morgan fingerprint density at radius 2 is 0.308 bits per heavy atom. The second-order valence-electron chi connectivity index (χ2n) is 2.31. The Labute approximate surface area is 80.9 Å². The maximum atomic E-state index is 2.00. The van der Waals surface area contributed by atoms with Crippen LogP contribution in [-0.2, 0) is 0 Å². The second-order valence-corrected chi connectivity index (χ2v) is 2.31. The second kappa shape index (κ2) is 8.54. The highest BCUT2D eigenvalue weighted by Gasteiger charge is 1.58. The van der Waals surface area contributed by atoms with Gasteiger partial charge in [0, 0.05) is 0 Å². The standard InChI is InChI=1S/2C6H6.CH4/c2*1-2-4-6-5-3-1;/h2*1-6H;1H4. The van der Waals surface area contributed by atoms with Gasteiger partial charge in [0.25, 0.3) is 0 Å². The van der Waals surface area contributed by atoms with E-state index in [4.69, 9.17) is 0 Å². The van der Waals surface area contributed by atoms with E-state index >= 15 is 0 Å². The van der Waals surface area contributed by atoms with Gasteiger partial charge >= 0.3 is 0 Å². The van der Waals surface area contributed by atoms with E-state index in [0.29, 0.717) is 0 Å². The van der Waals surface area contributed by atoms with E-state index in [2.05, 4.69) is 0 Å². The molecular formula is C13H16. The van der Waals surface area contributed by atoms with Crippen molar-refractivity contribution < 1.29 is 0 Å². The fourth-order valence-electron chi connectivity index (χ4n) is 0.770. The van der Waals surface area contributed by atoms with Crippen LogP contribution in [0.5, 0.6) is 0 Å². The zero-order valence-electron chi connectivity index (χ0n) is 6.93. The fraction of sp³-hybridized carbons (Fsp3) is 0.0769. The topological polar surface area (TPSA) is 0 Å². The van der Waals surface area contributed by atoms with Crippen molar-refractivity contribution in [2.24, 2.45) is 0 Å². The summed E-state index contributed by atoms with van der Waals surface area (Å²) in [7, 11) is 0. The summed E-state index contributed by atoms with van der Waals surface area (Å²) < 4.78 is 0. The van der Waals surface area contributed by atoms with E-state index in [1.807, 2.05) is 72.8 Å². The van der Waals surface area contributed by atoms with Gasteiger partial charge in [0.2, 0.25) is 0 Å². The van der Waals surface area contributed by atoms with Crippen LogP contribution in [-0.4, -0.2) is 0 Å². The van der Waals surface area contributed by atoms with E-state index < -0.39 is 0 Å². The summed E-state index contributed by atoms with van der Waals surface area (Å²) in [5.41, 5.74) is 0. The van der Waals surface area contributed by atoms with Crippen molar-refractivity contribution in [2.45, 2.75) is 7.43 Å². The maximum absolute atomic E-state index is 2.00. The number of hydrogen-bond donors (Lipinski definition) is 0. The van der Waals surface area contributed by atoms with Crippen LogP contribution in [0.4, 0.5) is 0 Å². The van der Waals surface area contributed by atoms with Crippen LogP contribution in [0, 0.1) is 0 Å². The van der Waals surface area contributed by atoms with Gasteiger partial charge in [0.1, 0.15) is 0 Å². The highest BCUT2D eigenvalue weighted by molar-refractivity contribution is 4.99. The van der Waals surface area contributed by atoms with Crippen LogP contribution >= 0.6 is 0 Å². The highest BCUT2D eigenvalue weighted by atomic mass is 13.7. The Hall–Kier alpha value is -1.56. The molecule has 0 saturated carbocycles. The Bertz CT molecular complexity index is 175. The molecule has 0 heteroatoms. The molecule has 0 N–H and O–H groups in total. The van der Waals surface area contributed by atoms with Crippen LogP contribution in [0.25, 0.3) is 0 Å². The Kier molecular flexibility index (Phi) is 7.51. The fourth-order valence-corrected chi connectivity index (χ4v) is 0.770. The normalized spacial score (nSPS) is 7.38. The first-order valence-electron chi connectivity index (χ1n) is 4.00. The number of hydrogen-bond acceptors (Lipinski definition) is 0. The third-order valence-electron chi connectivity index (χ3n) is 1.33. The van der Waals surface area contributed by atoms with Gasteiger partial charge in [-0.3, -0.25) is 0 Å². The Morgan fingerprint density at radius 3 is 0.385 bits per heavy atom. The summed E-state index contributed by atoms with van der Waals surface area (Å²) in [5.74, 6) is 0. The summed E-state index contributed by atoms with van der Waals surface area (Å²) in [6, 6.07) is 24.0. The molecule has 0 heterocycles. The van der Waals surface area contributed by atoms with Gasteiger partial charge in [-0.05, 0) is 0 Å². The van der Waals surface area contributed by atoms with Crippen LogP contribution in [0.15, 0.2) is 72.8 Å². The zero-order chi connectivity index (χ0) is 8.49. The molecule has 0 aliphatic heterocycles. The lowest BCUT2D eigenvalue weighted by molar-refractivity contribution is 1.72. The van der Waals surface area contributed by atoms with Gasteiger partial charge in [-0.25, -0.2) is 0 Å². The molecular weight excluding hydrogens is 156 g/mol. The quantitative estimate of drug-likeness (QED) is 0.563. The molecule has 13 heavy (non-hydrogen) atoms. The lowest BCUT2D eigenvalue weighted by atomic mass is 10.4. The molecule has 0 atom stereocenters. The van der Waals surface area contributed by atoms with Gasteiger partial charge in [0.05, 0.1) is 0 Å². The monoisotopic (exact) mass is 172 g/mol. The van der Waals surface area contributed by atoms with E-state index in [-0.39, 0.29) is 7.43 Å². The zero-order valence-corrected chi connectivity index (χ0v) is 6.93. The molecule has 0 amide bonds. The molecule has 0 aromatic heterocycles. The van der Waals surface area contributed by atoms with Crippen molar-refractivity contribution in [3.8, 4) is 0 Å². The van der Waals surface area contributed by atoms with E-state index in [9.17, 15) is 0 Å². The summed E-state index contributed by atoms with van der Waals surface area (Å²) in [6.45, 7) is 0. The van der Waals surface area contributed by atoms with Gasteiger partial charge < -0.3 is 0 Å². The maximum Gasteiger partial charge on any atom is -0.0623 e. The molecule has 0 aliphatic rings. The van der Waals surface area contributed by atoms with Crippen LogP contribution in [0.1, 0.15) is 7.43 Å². The molecule has 0 spiro atoms. The third kappa shape index (κ3) is 6.82. The molecule has 68 valence electrons. The lowest BCUT2D eigenvalue weighted by Gasteiger charge is -1.69. The summed E-state index contributed by atoms with van der Waals surface area (Å²) in [5, 5.41) is 0. The summed E-state index contributed by atoms with van der Waals surface area (Å²) in [6.07, 6.45) is 0. The van der Waals surface area contributed by atoms with E-state index in [0.717, 1.165) is 0 Å². The molecule has 0 nitrogen and oxygen atoms in total. The van der Waals surface area contributed by atoms with Crippen molar-refractivity contribution in [3.63, 3.8) is 0 Å². The van der Waals surface area contributed by atoms with Gasteiger partial charge in [-0.1, -0.05) is 80.2 Å². The van der Waals surface area contributed by atoms with Crippen molar-refractivity contribution in [2.75, 3.05) is 0 Å². The predicted molar refractivity (Wildman–Crippen MR) is 59.6 cm³/mol. The number of rotatable bonds is 0. The first kappa shape index (κ1) is 11.4. The Morgan fingerprint density at radius 1 is 0.231 bits per heavy atom. The smallest absolute Gasteiger partial charge is 0.0623 e. The SMILES string of the molecule is C.c1ccccc1.c1ccccc1. The molecule has 0 unspecified atom stereocenters. The summed E-state index contributed by atoms with van der Waals surface area (Å²) >= 11 is 0. The minimum atomic E-state index is 0. The average Bonchev–Trinajstić information content (AvgIpc) is 2.24. The first-order valence-corrected chi connectivity index (χ1v) is 4.00.